The molecule has 0 atom stereocenters. The molecule has 1 fully saturated rings. The summed E-state index contributed by atoms with van der Waals surface area (Å²) in [6, 6.07) is 0. The summed E-state index contributed by atoms with van der Waals surface area (Å²) in [7, 11) is 0. The first kappa shape index (κ1) is 16.3. The Morgan fingerprint density at radius 2 is 1.95 bits per heavy atom. The molecule has 2 rings (SSSR count). The van der Waals surface area contributed by atoms with E-state index in [1.54, 1.807) is 0 Å². The van der Waals surface area contributed by atoms with Crippen LogP contribution in [0.25, 0.3) is 0 Å². The number of primary amides is 1. The van der Waals surface area contributed by atoms with Gasteiger partial charge < -0.3 is 16.4 Å². The van der Waals surface area contributed by atoms with Crippen molar-refractivity contribution in [2.45, 2.75) is 23.9 Å². The van der Waals surface area contributed by atoms with Gasteiger partial charge in [0.15, 0.2) is 0 Å². The molecule has 2 heterocycles. The van der Waals surface area contributed by atoms with Crippen LogP contribution in [0.2, 0.25) is 0 Å². The number of hydrogen-bond donors (Lipinski definition) is 2. The van der Waals surface area contributed by atoms with E-state index in [-0.39, 0.29) is 17.7 Å². The topological polar surface area (TPSA) is 72.3 Å². The summed E-state index contributed by atoms with van der Waals surface area (Å²) in [4.78, 5) is 14.2. The number of carbonyl (C=O) groups excluding carboxylic acids is 1. The lowest BCUT2D eigenvalue weighted by atomic mass is 9.96. The second-order valence-electron chi connectivity index (χ2n) is 4.85. The smallest absolute Gasteiger partial charge is 0.391 e. The number of nitrogens with zero attached hydrogens (tertiary/aromatic N) is 1. The second-order valence-corrected chi connectivity index (χ2v) is 6.67. The molecule has 9 heteroatoms. The monoisotopic (exact) mass is 339 g/mol. The number of thiophene rings is 1. The van der Waals surface area contributed by atoms with Gasteiger partial charge in [0, 0.05) is 13.1 Å². The fourth-order valence-corrected chi connectivity index (χ4v) is 4.50. The highest BCUT2D eigenvalue weighted by molar-refractivity contribution is 7.99. The molecule has 4 nitrogen and oxygen atoms in total. The molecule has 1 aromatic rings. The number of piperidine rings is 1. The number of amides is 1. The third kappa shape index (κ3) is 3.23. The average Bonchev–Trinajstić information content (AvgIpc) is 2.75. The van der Waals surface area contributed by atoms with E-state index in [0.717, 1.165) is 21.2 Å². The quantitative estimate of drug-likeness (QED) is 0.831. The van der Waals surface area contributed by atoms with Crippen LogP contribution in [0.3, 0.4) is 0 Å². The van der Waals surface area contributed by atoms with Gasteiger partial charge in [-0.25, -0.2) is 0 Å². The van der Waals surface area contributed by atoms with E-state index in [1.165, 1.54) is 11.8 Å². The van der Waals surface area contributed by atoms with Crippen molar-refractivity contribution < 1.29 is 18.0 Å². The predicted octanol–water partition coefficient (Wildman–Crippen LogP) is 2.93. The van der Waals surface area contributed by atoms with E-state index in [9.17, 15) is 18.0 Å². The molecule has 0 unspecified atom stereocenters. The number of alkyl halides is 3. The Kier molecular flexibility index (Phi) is 4.62. The maximum absolute atomic E-state index is 12.7. The molecule has 118 valence electrons. The first-order valence-electron chi connectivity index (χ1n) is 6.33. The molecule has 1 saturated heterocycles. The van der Waals surface area contributed by atoms with Crippen LogP contribution in [0.15, 0.2) is 4.90 Å². The van der Waals surface area contributed by atoms with E-state index in [1.807, 2.05) is 11.2 Å². The van der Waals surface area contributed by atoms with Crippen LogP contribution in [-0.4, -0.2) is 31.4 Å². The minimum atomic E-state index is -4.14. The minimum Gasteiger partial charge on any atom is -0.396 e. The number of rotatable bonds is 3. The van der Waals surface area contributed by atoms with E-state index in [4.69, 9.17) is 11.5 Å². The summed E-state index contributed by atoms with van der Waals surface area (Å²) < 4.78 is 38.1. The zero-order chi connectivity index (χ0) is 15.8. The molecular formula is C12H16F3N3OS2. The van der Waals surface area contributed by atoms with Crippen molar-refractivity contribution in [1.29, 1.82) is 0 Å². The van der Waals surface area contributed by atoms with Crippen LogP contribution >= 0.6 is 23.1 Å². The summed E-state index contributed by atoms with van der Waals surface area (Å²) in [5, 5.41) is 0.745. The largest absolute Gasteiger partial charge is 0.396 e. The third-order valence-electron chi connectivity index (χ3n) is 3.56. The summed E-state index contributed by atoms with van der Waals surface area (Å²) in [6.07, 6.45) is -2.21. The van der Waals surface area contributed by atoms with Gasteiger partial charge in [-0.05, 0) is 19.1 Å². The number of carbonyl (C=O) groups is 1. The van der Waals surface area contributed by atoms with Gasteiger partial charge in [-0.1, -0.05) is 0 Å². The summed E-state index contributed by atoms with van der Waals surface area (Å²) >= 11 is 2.53. The van der Waals surface area contributed by atoms with Gasteiger partial charge >= 0.3 is 6.18 Å². The van der Waals surface area contributed by atoms with Crippen molar-refractivity contribution in [2.75, 3.05) is 30.0 Å². The maximum atomic E-state index is 12.7. The highest BCUT2D eigenvalue weighted by Gasteiger charge is 2.41. The van der Waals surface area contributed by atoms with E-state index in [2.05, 4.69) is 0 Å². The van der Waals surface area contributed by atoms with E-state index in [0.29, 0.717) is 18.8 Å². The van der Waals surface area contributed by atoms with Crippen LogP contribution in [-0.2, 0) is 0 Å². The Balaban J connectivity index is 2.21. The van der Waals surface area contributed by atoms with Gasteiger partial charge in [0.1, 0.15) is 9.88 Å². The number of thioether (sulfide) groups is 1. The van der Waals surface area contributed by atoms with Crippen molar-refractivity contribution in [3.63, 3.8) is 0 Å². The number of nitrogen functional groups attached to an aromatic ring is 1. The van der Waals surface area contributed by atoms with Gasteiger partial charge in [0.05, 0.1) is 16.5 Å². The average molecular weight is 339 g/mol. The van der Waals surface area contributed by atoms with E-state index < -0.39 is 18.0 Å². The van der Waals surface area contributed by atoms with Gasteiger partial charge in [-0.2, -0.15) is 13.2 Å². The van der Waals surface area contributed by atoms with Crippen molar-refractivity contribution in [3.8, 4) is 0 Å². The minimum absolute atomic E-state index is 0.0566. The summed E-state index contributed by atoms with van der Waals surface area (Å²) in [6.45, 7) is 0.603. The van der Waals surface area contributed by atoms with Gasteiger partial charge in [-0.15, -0.1) is 23.1 Å². The molecule has 0 saturated carbocycles. The lowest BCUT2D eigenvalue weighted by molar-refractivity contribution is -0.179. The van der Waals surface area contributed by atoms with Crippen molar-refractivity contribution in [2.24, 2.45) is 11.7 Å². The molecule has 0 bridgehead atoms. The summed E-state index contributed by atoms with van der Waals surface area (Å²) in [5.74, 6) is -1.86. The van der Waals surface area contributed by atoms with Crippen LogP contribution in [0, 0.1) is 5.92 Å². The normalized spacial score (nSPS) is 17.2. The highest BCUT2D eigenvalue weighted by atomic mass is 32.2. The molecule has 1 aliphatic rings. The molecule has 0 aliphatic carbocycles. The molecular weight excluding hydrogens is 323 g/mol. The zero-order valence-corrected chi connectivity index (χ0v) is 13.0. The Bertz CT molecular complexity index is 537. The number of halogens is 3. The predicted molar refractivity (Wildman–Crippen MR) is 80.0 cm³/mol. The first-order chi connectivity index (χ1) is 9.75. The fourth-order valence-electron chi connectivity index (χ4n) is 2.41. The van der Waals surface area contributed by atoms with Crippen LogP contribution < -0.4 is 16.4 Å². The van der Waals surface area contributed by atoms with Crippen LogP contribution in [0.1, 0.15) is 22.5 Å². The van der Waals surface area contributed by atoms with Crippen molar-refractivity contribution >= 4 is 39.7 Å². The number of anilines is 2. The third-order valence-corrected chi connectivity index (χ3v) is 5.79. The lowest BCUT2D eigenvalue weighted by Crippen LogP contribution is -2.38. The fraction of sp³-hybridized carbons (Fsp3) is 0.583. The Morgan fingerprint density at radius 1 is 1.38 bits per heavy atom. The Morgan fingerprint density at radius 3 is 2.38 bits per heavy atom. The van der Waals surface area contributed by atoms with Crippen molar-refractivity contribution in [1.82, 2.24) is 0 Å². The van der Waals surface area contributed by atoms with Gasteiger partial charge in [0.25, 0.3) is 5.91 Å². The molecule has 1 amide bonds. The second kappa shape index (κ2) is 5.96. The van der Waals surface area contributed by atoms with Crippen molar-refractivity contribution in [3.05, 3.63) is 4.88 Å². The molecule has 0 radical (unpaired) electrons. The molecule has 0 spiro atoms. The number of nitrogens with two attached hydrogens (primary N) is 2. The molecule has 21 heavy (non-hydrogen) atoms. The highest BCUT2D eigenvalue weighted by Crippen LogP contribution is 2.45. The van der Waals surface area contributed by atoms with Crippen LogP contribution in [0.5, 0.6) is 0 Å². The maximum Gasteiger partial charge on any atom is 0.391 e. The lowest BCUT2D eigenvalue weighted by Gasteiger charge is -2.34. The molecule has 1 aromatic heterocycles. The first-order valence-corrected chi connectivity index (χ1v) is 8.37. The van der Waals surface area contributed by atoms with E-state index >= 15 is 0 Å². The summed E-state index contributed by atoms with van der Waals surface area (Å²) in [5.41, 5.74) is 11.5. The van der Waals surface area contributed by atoms with Gasteiger partial charge in [0.2, 0.25) is 0 Å². The molecule has 4 N–H and O–H groups in total. The Hall–Kier alpha value is -1.09. The Labute approximate surface area is 128 Å². The molecule has 0 aromatic carbocycles. The van der Waals surface area contributed by atoms with Gasteiger partial charge in [-0.3, -0.25) is 4.79 Å². The van der Waals surface area contributed by atoms with Crippen LogP contribution in [0.4, 0.5) is 23.9 Å². The standard InChI is InChI=1S/C12H16F3N3OS2/c1-20-9-7(16)8(10(17)19)21-11(9)18-4-2-6(3-5-18)12(13,14)15/h6H,2-5,16H2,1H3,(H2,17,19). The number of hydrogen-bond acceptors (Lipinski definition) is 5. The zero-order valence-electron chi connectivity index (χ0n) is 11.4. The SMILES string of the molecule is CSc1c(N2CCC(C(F)(F)F)CC2)sc(C(N)=O)c1N. The molecule has 1 aliphatic heterocycles.